The van der Waals surface area contributed by atoms with Crippen LogP contribution < -0.4 is 0 Å². The molecule has 1 heterocycles. The van der Waals surface area contributed by atoms with E-state index < -0.39 is 17.8 Å². The number of alkyl halides is 3. The molecule has 33 heavy (non-hydrogen) atoms. The third-order valence-electron chi connectivity index (χ3n) is 5.29. The molecule has 0 N–H and O–H groups in total. The fourth-order valence-corrected chi connectivity index (χ4v) is 3.95. The van der Waals surface area contributed by atoms with Gasteiger partial charge in [0.1, 0.15) is 0 Å². The molecule has 178 valence electrons. The summed E-state index contributed by atoms with van der Waals surface area (Å²) in [4.78, 5) is 29.2. The summed E-state index contributed by atoms with van der Waals surface area (Å²) in [5.74, 6) is -0.457. The van der Waals surface area contributed by atoms with Crippen molar-refractivity contribution in [1.82, 2.24) is 9.80 Å². The third kappa shape index (κ3) is 6.48. The van der Waals surface area contributed by atoms with Crippen LogP contribution in [0.5, 0.6) is 0 Å². The van der Waals surface area contributed by atoms with Crippen LogP contribution in [0.2, 0.25) is 5.02 Å². The van der Waals surface area contributed by atoms with Crippen LogP contribution in [0.3, 0.4) is 0 Å². The Kier molecular flexibility index (Phi) is 8.02. The molecule has 1 fully saturated rings. The molecule has 0 aliphatic carbocycles. The highest BCUT2D eigenvalue weighted by molar-refractivity contribution is 6.33. The quantitative estimate of drug-likeness (QED) is 0.582. The second kappa shape index (κ2) is 10.6. The zero-order valence-electron chi connectivity index (χ0n) is 18.4. The molecule has 3 rings (SSSR count). The first-order valence-corrected chi connectivity index (χ1v) is 11.1. The van der Waals surface area contributed by atoms with E-state index in [0.717, 1.165) is 12.1 Å². The maximum absolute atomic E-state index is 13.1. The van der Waals surface area contributed by atoms with Gasteiger partial charge in [0, 0.05) is 31.7 Å². The van der Waals surface area contributed by atoms with E-state index in [4.69, 9.17) is 16.3 Å². The van der Waals surface area contributed by atoms with Gasteiger partial charge in [-0.15, -0.1) is 0 Å². The fourth-order valence-electron chi connectivity index (χ4n) is 3.73. The van der Waals surface area contributed by atoms with E-state index in [0.29, 0.717) is 30.3 Å². The molecule has 2 aromatic carbocycles. The summed E-state index contributed by atoms with van der Waals surface area (Å²) < 4.78 is 44.4. The molecule has 0 bridgehead atoms. The topological polar surface area (TPSA) is 49.9 Å². The van der Waals surface area contributed by atoms with Gasteiger partial charge in [-0.1, -0.05) is 37.6 Å². The summed E-state index contributed by atoms with van der Waals surface area (Å²) in [5.41, 5.74) is -0.234. The van der Waals surface area contributed by atoms with E-state index >= 15 is 0 Å². The van der Waals surface area contributed by atoms with Crippen LogP contribution in [-0.2, 0) is 10.9 Å². The zero-order chi connectivity index (χ0) is 24.2. The summed E-state index contributed by atoms with van der Waals surface area (Å²) in [5, 5.41) is 0.365. The van der Waals surface area contributed by atoms with E-state index in [1.54, 1.807) is 34.1 Å². The Morgan fingerprint density at radius 2 is 1.82 bits per heavy atom. The molecule has 1 unspecified atom stereocenters. The second-order valence-corrected chi connectivity index (χ2v) is 8.81. The summed E-state index contributed by atoms with van der Waals surface area (Å²) in [6.07, 6.45) is -4.89. The lowest BCUT2D eigenvalue weighted by atomic mass is 10.1. The number of morpholine rings is 1. The first-order valence-electron chi connectivity index (χ1n) is 10.7. The van der Waals surface area contributed by atoms with Gasteiger partial charge in [-0.05, 0) is 42.3 Å². The van der Waals surface area contributed by atoms with Crippen LogP contribution in [0.1, 0.15) is 40.1 Å². The van der Waals surface area contributed by atoms with E-state index in [-0.39, 0.29) is 36.4 Å². The number of hydrogen-bond donors (Lipinski definition) is 0. The lowest BCUT2D eigenvalue weighted by Crippen LogP contribution is -2.51. The minimum absolute atomic E-state index is 0.132. The largest absolute Gasteiger partial charge is 0.416 e. The molecular weight excluding hydrogens is 457 g/mol. The van der Waals surface area contributed by atoms with Crippen molar-refractivity contribution in [1.29, 1.82) is 0 Å². The van der Waals surface area contributed by atoms with Gasteiger partial charge in [-0.3, -0.25) is 9.59 Å². The van der Waals surface area contributed by atoms with Crippen molar-refractivity contribution >= 4 is 23.4 Å². The summed E-state index contributed by atoms with van der Waals surface area (Å²) in [7, 11) is 0. The standard InChI is InChI=1S/C24H26ClF3N2O3/c1-16(2)13-30(22(31)17-7-9-18(10-8-17)24(26,27)28)15-19-14-29(11-12-33-19)23(32)20-5-3-4-6-21(20)25/h3-10,16,19H,11-15H2,1-2H3. The maximum Gasteiger partial charge on any atom is 0.416 e. The molecule has 0 radical (unpaired) electrons. The maximum atomic E-state index is 13.1. The Morgan fingerprint density at radius 3 is 2.42 bits per heavy atom. The van der Waals surface area contributed by atoms with Crippen molar-refractivity contribution < 1.29 is 27.5 Å². The van der Waals surface area contributed by atoms with Gasteiger partial charge in [0.05, 0.1) is 28.9 Å². The first kappa shape index (κ1) is 25.1. The van der Waals surface area contributed by atoms with Gasteiger partial charge >= 0.3 is 6.18 Å². The molecule has 1 aliphatic rings. The Labute approximate surface area is 196 Å². The van der Waals surface area contributed by atoms with E-state index in [1.165, 1.54) is 12.1 Å². The highest BCUT2D eigenvalue weighted by Crippen LogP contribution is 2.29. The van der Waals surface area contributed by atoms with Crippen molar-refractivity contribution in [2.24, 2.45) is 5.92 Å². The fraction of sp³-hybridized carbons (Fsp3) is 0.417. The number of halogens is 4. The van der Waals surface area contributed by atoms with Gasteiger partial charge in [-0.2, -0.15) is 13.2 Å². The van der Waals surface area contributed by atoms with Crippen LogP contribution in [-0.4, -0.2) is 60.5 Å². The molecule has 1 atom stereocenters. The lowest BCUT2D eigenvalue weighted by Gasteiger charge is -2.36. The third-order valence-corrected chi connectivity index (χ3v) is 5.62. The van der Waals surface area contributed by atoms with Gasteiger partial charge in [0.25, 0.3) is 11.8 Å². The monoisotopic (exact) mass is 482 g/mol. The number of carbonyl (C=O) groups is 2. The van der Waals surface area contributed by atoms with E-state index in [9.17, 15) is 22.8 Å². The van der Waals surface area contributed by atoms with E-state index in [2.05, 4.69) is 0 Å². The lowest BCUT2D eigenvalue weighted by molar-refractivity contribution is -0.137. The molecule has 2 aromatic rings. The Bertz CT molecular complexity index is 980. The molecular formula is C24H26ClF3N2O3. The molecule has 1 saturated heterocycles. The predicted octanol–water partition coefficient (Wildman–Crippen LogP) is 5.00. The van der Waals surface area contributed by atoms with Gasteiger partial charge in [-0.25, -0.2) is 0 Å². The van der Waals surface area contributed by atoms with Crippen molar-refractivity contribution in [3.63, 3.8) is 0 Å². The zero-order valence-corrected chi connectivity index (χ0v) is 19.2. The molecule has 0 aromatic heterocycles. The SMILES string of the molecule is CC(C)CN(CC1CN(C(=O)c2ccccc2Cl)CCO1)C(=O)c1ccc(C(F)(F)F)cc1. The molecule has 1 aliphatic heterocycles. The minimum Gasteiger partial charge on any atom is -0.373 e. The van der Waals surface area contributed by atoms with Crippen LogP contribution in [0.15, 0.2) is 48.5 Å². The Balaban J connectivity index is 1.72. The smallest absolute Gasteiger partial charge is 0.373 e. The van der Waals surface area contributed by atoms with Gasteiger partial charge < -0.3 is 14.5 Å². The number of carbonyl (C=O) groups excluding carboxylic acids is 2. The molecule has 0 saturated carbocycles. The molecule has 2 amide bonds. The van der Waals surface area contributed by atoms with Crippen LogP contribution in [0.4, 0.5) is 13.2 Å². The van der Waals surface area contributed by atoms with Crippen LogP contribution >= 0.6 is 11.6 Å². The Morgan fingerprint density at radius 1 is 1.15 bits per heavy atom. The van der Waals surface area contributed by atoms with Crippen molar-refractivity contribution in [3.8, 4) is 0 Å². The minimum atomic E-state index is -4.47. The molecule has 5 nitrogen and oxygen atoms in total. The normalized spacial score (nSPS) is 16.7. The van der Waals surface area contributed by atoms with E-state index in [1.807, 2.05) is 13.8 Å². The number of amides is 2. The summed E-state index contributed by atoms with van der Waals surface area (Å²) in [6, 6.07) is 11.0. The molecule has 0 spiro atoms. The average Bonchev–Trinajstić information content (AvgIpc) is 2.77. The second-order valence-electron chi connectivity index (χ2n) is 8.40. The number of benzene rings is 2. The Hall–Kier alpha value is -2.58. The number of hydrogen-bond acceptors (Lipinski definition) is 3. The van der Waals surface area contributed by atoms with Crippen molar-refractivity contribution in [3.05, 3.63) is 70.2 Å². The van der Waals surface area contributed by atoms with Gasteiger partial charge in [0.2, 0.25) is 0 Å². The average molecular weight is 483 g/mol. The van der Waals surface area contributed by atoms with Crippen molar-refractivity contribution in [2.45, 2.75) is 26.1 Å². The number of rotatable bonds is 6. The molecule has 9 heteroatoms. The summed E-state index contributed by atoms with van der Waals surface area (Å²) in [6.45, 7) is 5.49. The highest BCUT2D eigenvalue weighted by atomic mass is 35.5. The van der Waals surface area contributed by atoms with Gasteiger partial charge in [0.15, 0.2) is 0 Å². The summed E-state index contributed by atoms with van der Waals surface area (Å²) >= 11 is 6.16. The number of ether oxygens (including phenoxy) is 1. The number of nitrogens with zero attached hydrogens (tertiary/aromatic N) is 2. The highest BCUT2D eigenvalue weighted by Gasteiger charge is 2.32. The van der Waals surface area contributed by atoms with Crippen LogP contribution in [0.25, 0.3) is 0 Å². The first-order chi connectivity index (χ1) is 15.6. The van der Waals surface area contributed by atoms with Crippen molar-refractivity contribution in [2.75, 3.05) is 32.8 Å². The van der Waals surface area contributed by atoms with Crippen LogP contribution in [0, 0.1) is 5.92 Å². The predicted molar refractivity (Wildman–Crippen MR) is 119 cm³/mol.